The summed E-state index contributed by atoms with van der Waals surface area (Å²) in [5.74, 6) is -3.68. The summed E-state index contributed by atoms with van der Waals surface area (Å²) in [7, 11) is 10.2. The van der Waals surface area contributed by atoms with Crippen LogP contribution in [0.25, 0.3) is 0 Å². The van der Waals surface area contributed by atoms with E-state index in [0.717, 1.165) is 15.8 Å². The van der Waals surface area contributed by atoms with E-state index in [2.05, 4.69) is 20.9 Å². The number of imide groups is 1. The average Bonchev–Trinajstić information content (AvgIpc) is 4.15. The molecule has 4 aliphatic rings. The van der Waals surface area contributed by atoms with Gasteiger partial charge in [-0.2, -0.15) is 5.10 Å². The highest BCUT2D eigenvalue weighted by Gasteiger charge is 2.62. The van der Waals surface area contributed by atoms with Crippen LogP contribution in [-0.4, -0.2) is 152 Å². The molecule has 0 unspecified atom stereocenters. The second-order valence-corrected chi connectivity index (χ2v) is 25.4. The first kappa shape index (κ1) is 64.0. The van der Waals surface area contributed by atoms with Gasteiger partial charge in [0.05, 0.1) is 19.2 Å². The number of ether oxygens (including phenoxy) is 4. The Bertz CT molecular complexity index is 2910. The largest absolute Gasteiger partial charge is 0.495 e. The Morgan fingerprint density at radius 2 is 1.77 bits per heavy atom. The molecule has 1 aromatic heterocycles. The minimum atomic E-state index is -1.83. The van der Waals surface area contributed by atoms with Crippen molar-refractivity contribution in [1.29, 1.82) is 0 Å². The molecule has 2 saturated heterocycles. The van der Waals surface area contributed by atoms with Crippen LogP contribution in [0.4, 0.5) is 10.5 Å². The predicted molar refractivity (Wildman–Crippen MR) is 301 cm³/mol. The zero-order valence-corrected chi connectivity index (χ0v) is 50.2. The lowest BCUT2D eigenvalue weighted by molar-refractivity contribution is -0.197. The number of hydrazone groups is 1. The van der Waals surface area contributed by atoms with Crippen LogP contribution < -0.4 is 26.1 Å². The summed E-state index contributed by atoms with van der Waals surface area (Å²) < 4.78 is 25.1. The first-order valence-corrected chi connectivity index (χ1v) is 29.2. The molecule has 3 aliphatic heterocycles. The van der Waals surface area contributed by atoms with Crippen molar-refractivity contribution >= 4 is 92.2 Å². The molecule has 24 nitrogen and oxygen atoms in total. The number of rotatable bonds is 19. The van der Waals surface area contributed by atoms with Crippen LogP contribution >= 0.6 is 33.2 Å². The average molecular weight is 1190 g/mol. The van der Waals surface area contributed by atoms with E-state index in [0.29, 0.717) is 35.1 Å². The van der Waals surface area contributed by atoms with Gasteiger partial charge in [-0.05, 0) is 83.4 Å². The first-order chi connectivity index (χ1) is 38.0. The van der Waals surface area contributed by atoms with Gasteiger partial charge in [-0.25, -0.2) is 29.3 Å². The summed E-state index contributed by atoms with van der Waals surface area (Å²) in [5.41, 5.74) is 1.68. The Morgan fingerprint density at radius 1 is 1.07 bits per heavy atom. The zero-order valence-electron chi connectivity index (χ0n) is 47.8. The molecule has 2 aromatic rings. The third kappa shape index (κ3) is 15.7. The number of allylic oxidation sites excluding steroid dienone is 3. The van der Waals surface area contributed by atoms with E-state index in [-0.39, 0.29) is 92.2 Å². The summed E-state index contributed by atoms with van der Waals surface area (Å²) in [6.07, 6.45) is 2.26. The number of likely N-dealkylation sites (N-methyl/N-ethyl adjacent to an activating group) is 1. The number of fused-ring (bicyclic) bond motifs is 5. The number of carbonyl (C=O) groups excluding carboxylic acids is 8. The topological polar surface area (TPSA) is 289 Å². The Kier molecular flexibility index (Phi) is 21.2. The monoisotopic (exact) mass is 1190 g/mol. The Labute approximate surface area is 483 Å². The fraction of sp³-hybridized carbons (Fsp3) is 0.611. The summed E-state index contributed by atoms with van der Waals surface area (Å²) in [6, 6.07) is 2.51. The molecule has 1 aliphatic carbocycles. The molecule has 0 radical (unpaired) electrons. The number of nitrogens with one attached hydrogen (secondary N) is 2. The number of esters is 1. The van der Waals surface area contributed by atoms with Gasteiger partial charge in [-0.3, -0.25) is 33.9 Å². The number of hydrogen-bond donors (Lipinski definition) is 3. The second-order valence-electron chi connectivity index (χ2n) is 21.9. The fourth-order valence-corrected chi connectivity index (χ4v) is 12.9. The van der Waals surface area contributed by atoms with Gasteiger partial charge in [0.2, 0.25) is 17.7 Å². The number of aryl methyl sites for hydroxylation is 1. The molecule has 4 bridgehead atoms. The Morgan fingerprint density at radius 3 is 2.43 bits per heavy atom. The number of aliphatic hydroxyl groups is 1. The molecule has 8 atom stereocenters. The lowest BCUT2D eigenvalue weighted by atomic mass is 9.83. The van der Waals surface area contributed by atoms with Crippen molar-refractivity contribution in [2.75, 3.05) is 39.0 Å². The maximum absolute atomic E-state index is 14.4. The van der Waals surface area contributed by atoms with Crippen LogP contribution in [0.5, 0.6) is 5.75 Å². The minimum absolute atomic E-state index is 0.0233. The summed E-state index contributed by atoms with van der Waals surface area (Å²) in [4.78, 5) is 125. The number of anilines is 1. The van der Waals surface area contributed by atoms with Crippen molar-refractivity contribution in [2.45, 2.75) is 154 Å². The van der Waals surface area contributed by atoms with Gasteiger partial charge < -0.3 is 38.7 Å². The van der Waals surface area contributed by atoms with Gasteiger partial charge in [0.25, 0.3) is 11.8 Å². The molecular weight excluding hydrogens is 1110 g/mol. The summed E-state index contributed by atoms with van der Waals surface area (Å²) in [5, 5.41) is 23.6. The molecule has 0 spiro atoms. The third-order valence-corrected chi connectivity index (χ3v) is 18.8. The van der Waals surface area contributed by atoms with Gasteiger partial charge in [0.1, 0.15) is 40.8 Å². The number of aromatic nitrogens is 3. The number of benzene rings is 1. The standard InChI is InChI=1S/C54H74ClN9O15S2/c1-30-15-13-16-39(76-12)54(74)28-38(77-50(72)56-54)31(2)35-27-53(35,7)40(26-45(69)61(9)36-24-34(23-30)25-37(75-11)47(36)55)78-49(71)33(4)60(8)42(66)20-22-80-81-52(5,6)29-41(65)58-57-32(3)48-59-63(51(73)62(48)10)21-14-17-46(70)79-64-43(67)18-19-44(64)68/h13,15-16,24-25,31,33,35,38-40,74H,14,17-23,26-29H2,1-12H3,(H,56,72)(H,58,65)/b16-13+,30-15+,57-32-/t31-,33-,35-,38-,39+,40-,53-,54-/m0/s1. The van der Waals surface area contributed by atoms with Crippen molar-refractivity contribution < 1.29 is 67.2 Å². The maximum atomic E-state index is 14.4. The third-order valence-electron chi connectivity index (χ3n) is 15.2. The predicted octanol–water partition coefficient (Wildman–Crippen LogP) is 5.15. The number of alkyl carbamates (subject to hydrolysis) is 1. The maximum Gasteiger partial charge on any atom is 0.409 e. The fourth-order valence-electron chi connectivity index (χ4n) is 10.1. The van der Waals surface area contributed by atoms with E-state index in [1.165, 1.54) is 64.3 Å². The minimum Gasteiger partial charge on any atom is -0.495 e. The molecule has 6 rings (SSSR count). The Balaban J connectivity index is 1.05. The molecule has 3 N–H and O–H groups in total. The molecule has 4 heterocycles. The van der Waals surface area contributed by atoms with Crippen LogP contribution in [0, 0.1) is 17.3 Å². The van der Waals surface area contributed by atoms with Crippen LogP contribution in [0.3, 0.4) is 0 Å². The molecule has 81 heavy (non-hydrogen) atoms. The molecule has 444 valence electrons. The van der Waals surface area contributed by atoms with Gasteiger partial charge >= 0.3 is 23.7 Å². The van der Waals surface area contributed by atoms with E-state index >= 15 is 0 Å². The van der Waals surface area contributed by atoms with E-state index in [4.69, 9.17) is 35.4 Å². The summed E-state index contributed by atoms with van der Waals surface area (Å²) >= 11 is 6.85. The summed E-state index contributed by atoms with van der Waals surface area (Å²) in [6.45, 7) is 12.6. The number of carbonyl (C=O) groups is 8. The second kappa shape index (κ2) is 26.8. The van der Waals surface area contributed by atoms with Crippen molar-refractivity contribution in [3.63, 3.8) is 0 Å². The van der Waals surface area contributed by atoms with Crippen LogP contribution in [0.1, 0.15) is 118 Å². The molecular formula is C54H74ClN9O15S2. The lowest BCUT2D eigenvalue weighted by Gasteiger charge is -2.42. The van der Waals surface area contributed by atoms with Crippen molar-refractivity contribution in [2.24, 2.45) is 29.4 Å². The highest BCUT2D eigenvalue weighted by atomic mass is 35.5. The van der Waals surface area contributed by atoms with Crippen LogP contribution in [0.15, 0.2) is 45.8 Å². The van der Waals surface area contributed by atoms with Crippen molar-refractivity contribution in [3.05, 3.63) is 62.8 Å². The van der Waals surface area contributed by atoms with E-state index < -0.39 is 87.6 Å². The van der Waals surface area contributed by atoms with Crippen LogP contribution in [0.2, 0.25) is 5.02 Å². The highest BCUT2D eigenvalue weighted by molar-refractivity contribution is 8.77. The van der Waals surface area contributed by atoms with Crippen molar-refractivity contribution in [1.82, 2.24) is 35.1 Å². The van der Waals surface area contributed by atoms with E-state index in [1.54, 1.807) is 45.2 Å². The Hall–Kier alpha value is -6.22. The number of nitrogens with zero attached hydrogens (tertiary/aromatic N) is 7. The SMILES string of the molecule is COc1cc2cc(c1Cl)N(C)C(=O)C[C@H](OC(=O)[C@H](C)N(C)C(=O)CCSSC(C)(C)CC(=O)N/N=C(/C)c1nn(CCCC(=O)ON3C(=O)CCC3=O)c(=O)n1C)[C@@]1(C)C[C@H]1[C@H](C)[C@@H]1C[C@@](O)(NC(=O)O1)[C@H](OC)/C=C/C=C(\C)C2. The zero-order chi connectivity index (χ0) is 59.9. The lowest BCUT2D eigenvalue weighted by Crippen LogP contribution is -2.63. The number of methoxy groups -OCH3 is 2. The highest BCUT2D eigenvalue weighted by Crippen LogP contribution is 2.61. The number of hydrogen-bond acceptors (Lipinski definition) is 19. The van der Waals surface area contributed by atoms with Crippen molar-refractivity contribution in [3.8, 4) is 5.75 Å². The van der Waals surface area contributed by atoms with Crippen LogP contribution in [-0.2, 0) is 72.6 Å². The number of amides is 6. The normalized spacial score (nSPS) is 25.9. The van der Waals surface area contributed by atoms with E-state index in [1.807, 2.05) is 40.7 Å². The van der Waals surface area contributed by atoms with Gasteiger partial charge in [-0.1, -0.05) is 70.8 Å². The number of halogens is 1. The quantitative estimate of drug-likeness (QED) is 0.0409. The molecule has 1 aromatic carbocycles. The smallest absolute Gasteiger partial charge is 0.409 e. The van der Waals surface area contributed by atoms with Gasteiger partial charge in [-0.15, -0.1) is 10.2 Å². The molecule has 3 fully saturated rings. The molecule has 6 amide bonds. The number of hydroxylamine groups is 2. The molecule has 1 saturated carbocycles. The first-order valence-electron chi connectivity index (χ1n) is 26.5. The van der Waals surface area contributed by atoms with Gasteiger partial charge in [0.15, 0.2) is 11.5 Å². The van der Waals surface area contributed by atoms with E-state index in [9.17, 15) is 48.3 Å². The molecule has 27 heteroatoms. The van der Waals surface area contributed by atoms with Gasteiger partial charge in [0, 0.05) is 89.2 Å².